The molecule has 2 N–H and O–H groups in total. The van der Waals surface area contributed by atoms with E-state index in [2.05, 4.69) is 10.3 Å². The van der Waals surface area contributed by atoms with Crippen LogP contribution in [0.15, 0.2) is 24.3 Å². The van der Waals surface area contributed by atoms with Gasteiger partial charge in [-0.3, -0.25) is 4.79 Å². The van der Waals surface area contributed by atoms with Gasteiger partial charge in [-0.25, -0.2) is 4.98 Å². The summed E-state index contributed by atoms with van der Waals surface area (Å²) in [7, 11) is 1.65. The normalized spacial score (nSPS) is 18.5. The summed E-state index contributed by atoms with van der Waals surface area (Å²) in [5, 5.41) is 3.27. The first-order chi connectivity index (χ1) is 12.7. The molecular weight excluding hydrogens is 403 g/mol. The minimum absolute atomic E-state index is 0. The van der Waals surface area contributed by atoms with Crippen LogP contribution in [0.4, 0.5) is 0 Å². The number of ether oxygens (including phenoxy) is 2. The number of morpholine rings is 1. The van der Waals surface area contributed by atoms with Gasteiger partial charge >= 0.3 is 0 Å². The van der Waals surface area contributed by atoms with Crippen molar-refractivity contribution >= 4 is 30.7 Å². The van der Waals surface area contributed by atoms with Crippen molar-refractivity contribution in [1.29, 1.82) is 0 Å². The number of amides is 1. The summed E-state index contributed by atoms with van der Waals surface area (Å²) in [6, 6.07) is 7.81. The van der Waals surface area contributed by atoms with Crippen molar-refractivity contribution in [2.24, 2.45) is 0 Å². The number of nitrogens with zero attached hydrogens (tertiary/aromatic N) is 2. The molecule has 28 heavy (non-hydrogen) atoms. The van der Waals surface area contributed by atoms with Crippen LogP contribution in [0.2, 0.25) is 0 Å². The Kier molecular flexibility index (Phi) is 8.12. The van der Waals surface area contributed by atoms with Crippen molar-refractivity contribution < 1.29 is 14.3 Å². The molecule has 1 amide bonds. The smallest absolute Gasteiger partial charge is 0.225 e. The number of aromatic nitrogens is 2. The largest absolute Gasteiger partial charge is 0.497 e. The Morgan fingerprint density at radius 2 is 2.11 bits per heavy atom. The third-order valence-electron chi connectivity index (χ3n) is 4.95. The summed E-state index contributed by atoms with van der Waals surface area (Å²) in [6.45, 7) is 3.57. The number of hydrogen-bond donors (Lipinski definition) is 2. The van der Waals surface area contributed by atoms with Gasteiger partial charge in [0.1, 0.15) is 11.6 Å². The van der Waals surface area contributed by atoms with Crippen LogP contribution in [0.25, 0.3) is 11.4 Å². The van der Waals surface area contributed by atoms with Gasteiger partial charge in [0.15, 0.2) is 0 Å². The number of aromatic amines is 1. The van der Waals surface area contributed by atoms with Gasteiger partial charge in [-0.1, -0.05) is 0 Å². The minimum Gasteiger partial charge on any atom is -0.497 e. The first-order valence-corrected chi connectivity index (χ1v) is 9.05. The van der Waals surface area contributed by atoms with Crippen molar-refractivity contribution in [3.63, 3.8) is 0 Å². The number of hydrogen-bond acceptors (Lipinski definition) is 5. The van der Waals surface area contributed by atoms with Gasteiger partial charge in [0.05, 0.1) is 44.2 Å². The van der Waals surface area contributed by atoms with E-state index in [1.54, 1.807) is 7.11 Å². The first-order valence-electron chi connectivity index (χ1n) is 9.05. The zero-order valence-electron chi connectivity index (χ0n) is 15.8. The summed E-state index contributed by atoms with van der Waals surface area (Å²) in [6.07, 6.45) is 1.19. The van der Waals surface area contributed by atoms with E-state index in [1.165, 1.54) is 0 Å². The molecule has 7 nitrogen and oxygen atoms in total. The van der Waals surface area contributed by atoms with Crippen LogP contribution in [-0.2, 0) is 22.5 Å². The predicted octanol–water partition coefficient (Wildman–Crippen LogP) is 2.19. The maximum Gasteiger partial charge on any atom is 0.225 e. The second kappa shape index (κ2) is 10.1. The lowest BCUT2D eigenvalue weighted by Gasteiger charge is -2.29. The fourth-order valence-electron chi connectivity index (χ4n) is 3.47. The molecule has 3 heterocycles. The zero-order chi connectivity index (χ0) is 17.9. The molecule has 1 fully saturated rings. The monoisotopic (exact) mass is 428 g/mol. The highest BCUT2D eigenvalue weighted by Gasteiger charge is 2.26. The lowest BCUT2D eigenvalue weighted by atomic mass is 10.1. The third-order valence-corrected chi connectivity index (χ3v) is 4.95. The molecule has 9 heteroatoms. The van der Waals surface area contributed by atoms with Crippen LogP contribution in [0, 0.1) is 0 Å². The van der Waals surface area contributed by atoms with E-state index in [0.29, 0.717) is 26.1 Å². The maximum absolute atomic E-state index is 12.6. The molecule has 2 aliphatic rings. The highest BCUT2D eigenvalue weighted by molar-refractivity contribution is 5.85. The van der Waals surface area contributed by atoms with Gasteiger partial charge in [-0.2, -0.15) is 0 Å². The number of halogens is 2. The maximum atomic E-state index is 12.6. The highest BCUT2D eigenvalue weighted by Crippen LogP contribution is 2.25. The first kappa shape index (κ1) is 22.5. The quantitative estimate of drug-likeness (QED) is 0.779. The second-order valence-corrected chi connectivity index (χ2v) is 6.71. The number of nitrogens with one attached hydrogen (secondary N) is 2. The summed E-state index contributed by atoms with van der Waals surface area (Å²) in [4.78, 5) is 22.6. The molecule has 1 unspecified atom stereocenters. The van der Waals surface area contributed by atoms with E-state index in [4.69, 9.17) is 14.5 Å². The molecular formula is C19H26Cl2N4O3. The van der Waals surface area contributed by atoms with Gasteiger partial charge in [0.25, 0.3) is 0 Å². The molecule has 1 saturated heterocycles. The van der Waals surface area contributed by atoms with Crippen LogP contribution >= 0.6 is 24.8 Å². The fraction of sp³-hybridized carbons (Fsp3) is 0.474. The molecule has 154 valence electrons. The summed E-state index contributed by atoms with van der Waals surface area (Å²) < 4.78 is 10.8. The Bertz CT molecular complexity index is 776. The van der Waals surface area contributed by atoms with E-state index in [-0.39, 0.29) is 36.8 Å². The molecule has 1 atom stereocenters. The molecule has 2 aliphatic heterocycles. The Balaban J connectivity index is 0.00000140. The summed E-state index contributed by atoms with van der Waals surface area (Å²) >= 11 is 0. The predicted molar refractivity (Wildman–Crippen MR) is 111 cm³/mol. The van der Waals surface area contributed by atoms with Gasteiger partial charge in [-0.15, -0.1) is 24.8 Å². The molecule has 1 aromatic carbocycles. The molecule has 1 aromatic heterocycles. The lowest BCUT2D eigenvalue weighted by molar-refractivity contribution is -0.135. The van der Waals surface area contributed by atoms with Gasteiger partial charge < -0.3 is 24.7 Å². The molecule has 4 rings (SSSR count). The molecule has 0 spiro atoms. The van der Waals surface area contributed by atoms with E-state index >= 15 is 0 Å². The Labute approximate surface area is 177 Å². The number of carbonyl (C=O) groups is 1. The number of rotatable bonds is 4. The Morgan fingerprint density at radius 3 is 2.79 bits per heavy atom. The molecule has 2 aromatic rings. The molecule has 0 aliphatic carbocycles. The number of benzene rings is 1. The standard InChI is InChI=1S/C19H24N4O3.2ClH/c1-25-14-4-2-13(3-5-14)19-21-16-6-8-23(12-17(16)22-19)18(24)10-15-11-20-7-9-26-15;;/h2-5,15,20H,6-12H2,1H3,(H,21,22);2*1H. The van der Waals surface area contributed by atoms with Crippen molar-refractivity contribution in [1.82, 2.24) is 20.2 Å². The van der Waals surface area contributed by atoms with Crippen molar-refractivity contribution in [2.75, 3.05) is 33.4 Å². The molecule has 0 saturated carbocycles. The lowest BCUT2D eigenvalue weighted by Crippen LogP contribution is -2.43. The van der Waals surface area contributed by atoms with Gasteiger partial charge in [0, 0.05) is 31.6 Å². The van der Waals surface area contributed by atoms with Crippen molar-refractivity contribution in [3.05, 3.63) is 35.7 Å². The number of imidazole rings is 1. The minimum atomic E-state index is -0.0192. The van der Waals surface area contributed by atoms with E-state index in [1.807, 2.05) is 29.2 Å². The zero-order valence-corrected chi connectivity index (χ0v) is 17.4. The van der Waals surface area contributed by atoms with Crippen LogP contribution in [0.5, 0.6) is 5.75 Å². The average Bonchev–Trinajstić information content (AvgIpc) is 3.12. The van der Waals surface area contributed by atoms with Crippen LogP contribution in [0.1, 0.15) is 17.8 Å². The molecule has 0 radical (unpaired) electrons. The van der Waals surface area contributed by atoms with Crippen LogP contribution in [0.3, 0.4) is 0 Å². The number of H-pyrrole nitrogens is 1. The average molecular weight is 429 g/mol. The number of methoxy groups -OCH3 is 1. The molecule has 0 bridgehead atoms. The third kappa shape index (κ3) is 4.97. The topological polar surface area (TPSA) is 79.5 Å². The van der Waals surface area contributed by atoms with Crippen LogP contribution < -0.4 is 10.1 Å². The summed E-state index contributed by atoms with van der Waals surface area (Å²) in [5.74, 6) is 1.80. The Hall–Kier alpha value is -1.80. The van der Waals surface area contributed by atoms with E-state index in [0.717, 1.165) is 48.0 Å². The van der Waals surface area contributed by atoms with Crippen molar-refractivity contribution in [2.45, 2.75) is 25.5 Å². The SMILES string of the molecule is COc1ccc(-c2nc3c([nH]2)CN(C(=O)CC2CNCCO2)CC3)cc1.Cl.Cl. The van der Waals surface area contributed by atoms with E-state index < -0.39 is 0 Å². The van der Waals surface area contributed by atoms with E-state index in [9.17, 15) is 4.79 Å². The fourth-order valence-corrected chi connectivity index (χ4v) is 3.47. The summed E-state index contributed by atoms with van der Waals surface area (Å²) in [5.41, 5.74) is 3.09. The van der Waals surface area contributed by atoms with Gasteiger partial charge in [-0.05, 0) is 24.3 Å². The van der Waals surface area contributed by atoms with Crippen LogP contribution in [-0.4, -0.2) is 60.2 Å². The highest BCUT2D eigenvalue weighted by atomic mass is 35.5. The van der Waals surface area contributed by atoms with Gasteiger partial charge in [0.2, 0.25) is 5.91 Å². The van der Waals surface area contributed by atoms with Crippen molar-refractivity contribution in [3.8, 4) is 17.1 Å². The number of carbonyl (C=O) groups excluding carboxylic acids is 1. The Morgan fingerprint density at radius 1 is 1.32 bits per heavy atom. The second-order valence-electron chi connectivity index (χ2n) is 6.71. The number of fused-ring (bicyclic) bond motifs is 1.